The van der Waals surface area contributed by atoms with Gasteiger partial charge >= 0.3 is 0 Å². The fourth-order valence-corrected chi connectivity index (χ4v) is 2.96. The molecular weight excluding hydrogens is 244 g/mol. The highest BCUT2D eigenvalue weighted by molar-refractivity contribution is 6.30. The summed E-state index contributed by atoms with van der Waals surface area (Å²) in [6.45, 7) is 0. The molecule has 0 aliphatic heterocycles. The Morgan fingerprint density at radius 1 is 1.00 bits per heavy atom. The molecule has 1 aliphatic rings. The molecule has 0 radical (unpaired) electrons. The predicted molar refractivity (Wildman–Crippen MR) is 73.8 cm³/mol. The second kappa shape index (κ2) is 4.42. The summed E-state index contributed by atoms with van der Waals surface area (Å²) in [6.07, 6.45) is 2.83. The number of fused-ring (bicyclic) bond motifs is 1. The molecule has 3 rings (SSSR count). The number of aliphatic hydroxyl groups is 1. The Bertz CT molecular complexity index is 562. The van der Waals surface area contributed by atoms with E-state index in [1.807, 2.05) is 42.5 Å². The number of rotatable bonds is 1. The third-order valence-corrected chi connectivity index (χ3v) is 4.02. The van der Waals surface area contributed by atoms with Crippen molar-refractivity contribution in [2.24, 2.45) is 0 Å². The average molecular weight is 259 g/mol. The fourth-order valence-electron chi connectivity index (χ4n) is 2.84. The van der Waals surface area contributed by atoms with E-state index in [-0.39, 0.29) is 0 Å². The Morgan fingerprint density at radius 3 is 2.50 bits per heavy atom. The first-order valence-corrected chi connectivity index (χ1v) is 6.65. The van der Waals surface area contributed by atoms with E-state index in [0.29, 0.717) is 5.02 Å². The molecule has 92 valence electrons. The second-order valence-electron chi connectivity index (χ2n) is 4.88. The van der Waals surface area contributed by atoms with Gasteiger partial charge in [0, 0.05) is 5.02 Å². The van der Waals surface area contributed by atoms with Gasteiger partial charge in [-0.3, -0.25) is 0 Å². The van der Waals surface area contributed by atoms with E-state index in [0.717, 1.165) is 30.4 Å². The van der Waals surface area contributed by atoms with Gasteiger partial charge in [0.15, 0.2) is 0 Å². The van der Waals surface area contributed by atoms with Crippen LogP contribution in [0.4, 0.5) is 0 Å². The van der Waals surface area contributed by atoms with Gasteiger partial charge in [0.25, 0.3) is 0 Å². The third-order valence-electron chi connectivity index (χ3n) is 3.77. The van der Waals surface area contributed by atoms with Crippen LogP contribution in [-0.4, -0.2) is 5.11 Å². The highest BCUT2D eigenvalue weighted by atomic mass is 35.5. The Balaban J connectivity index is 2.13. The quantitative estimate of drug-likeness (QED) is 0.822. The Labute approximate surface area is 112 Å². The maximum Gasteiger partial charge on any atom is 0.115 e. The molecule has 18 heavy (non-hydrogen) atoms. The van der Waals surface area contributed by atoms with Crippen molar-refractivity contribution < 1.29 is 5.11 Å². The SMILES string of the molecule is OC1(c2ccc(Cl)cc2)CCCc2ccccc21. The van der Waals surface area contributed by atoms with E-state index in [1.54, 1.807) is 0 Å². The van der Waals surface area contributed by atoms with Gasteiger partial charge in [-0.05, 0) is 48.1 Å². The maximum atomic E-state index is 11.0. The number of benzene rings is 2. The molecule has 0 saturated carbocycles. The minimum atomic E-state index is -0.862. The number of hydrogen-bond acceptors (Lipinski definition) is 1. The molecule has 1 nitrogen and oxygen atoms in total. The molecule has 0 saturated heterocycles. The van der Waals surface area contributed by atoms with Crippen molar-refractivity contribution in [2.45, 2.75) is 24.9 Å². The first kappa shape index (κ1) is 11.8. The van der Waals surface area contributed by atoms with Crippen LogP contribution in [0.3, 0.4) is 0 Å². The lowest BCUT2D eigenvalue weighted by atomic mass is 9.75. The molecule has 1 atom stereocenters. The highest BCUT2D eigenvalue weighted by Crippen LogP contribution is 2.40. The van der Waals surface area contributed by atoms with Gasteiger partial charge in [0.2, 0.25) is 0 Å². The summed E-state index contributed by atoms with van der Waals surface area (Å²) in [5.41, 5.74) is 2.36. The summed E-state index contributed by atoms with van der Waals surface area (Å²) in [5, 5.41) is 11.7. The number of aryl methyl sites for hydroxylation is 1. The zero-order chi connectivity index (χ0) is 12.6. The maximum absolute atomic E-state index is 11.0. The van der Waals surface area contributed by atoms with Crippen LogP contribution >= 0.6 is 11.6 Å². The van der Waals surface area contributed by atoms with E-state index in [9.17, 15) is 5.11 Å². The van der Waals surface area contributed by atoms with Crippen LogP contribution in [0.1, 0.15) is 29.5 Å². The van der Waals surface area contributed by atoms with Crippen molar-refractivity contribution >= 4 is 11.6 Å². The standard InChI is InChI=1S/C16H15ClO/c17-14-9-7-13(8-10-14)16(18)11-3-5-12-4-1-2-6-15(12)16/h1-2,4,6-10,18H,3,5,11H2. The third kappa shape index (κ3) is 1.84. The minimum absolute atomic E-state index is 0.700. The summed E-state index contributed by atoms with van der Waals surface area (Å²) in [7, 11) is 0. The van der Waals surface area contributed by atoms with Crippen LogP contribution in [0.25, 0.3) is 0 Å². The normalized spacial score (nSPS) is 22.6. The molecule has 0 fully saturated rings. The molecule has 1 aliphatic carbocycles. The van der Waals surface area contributed by atoms with E-state index in [4.69, 9.17) is 11.6 Å². The van der Waals surface area contributed by atoms with Crippen molar-refractivity contribution in [1.29, 1.82) is 0 Å². The van der Waals surface area contributed by atoms with Crippen LogP contribution in [-0.2, 0) is 12.0 Å². The van der Waals surface area contributed by atoms with Gasteiger partial charge in [0.05, 0.1) is 0 Å². The predicted octanol–water partition coefficient (Wildman–Crippen LogP) is 3.91. The molecule has 0 heterocycles. The van der Waals surface area contributed by atoms with Gasteiger partial charge in [-0.15, -0.1) is 0 Å². The molecular formula is C16H15ClO. The smallest absolute Gasteiger partial charge is 0.115 e. The van der Waals surface area contributed by atoms with E-state index >= 15 is 0 Å². The number of halogens is 1. The lowest BCUT2D eigenvalue weighted by Crippen LogP contribution is -2.31. The highest BCUT2D eigenvalue weighted by Gasteiger charge is 2.35. The largest absolute Gasteiger partial charge is 0.380 e. The van der Waals surface area contributed by atoms with Crippen LogP contribution < -0.4 is 0 Å². The molecule has 1 unspecified atom stereocenters. The molecule has 0 spiro atoms. The summed E-state index contributed by atoms with van der Waals surface area (Å²) in [4.78, 5) is 0. The first-order chi connectivity index (χ1) is 8.70. The molecule has 0 bridgehead atoms. The summed E-state index contributed by atoms with van der Waals surface area (Å²) >= 11 is 5.91. The topological polar surface area (TPSA) is 20.2 Å². The second-order valence-corrected chi connectivity index (χ2v) is 5.31. The van der Waals surface area contributed by atoms with Gasteiger partial charge in [-0.25, -0.2) is 0 Å². The molecule has 0 aromatic heterocycles. The summed E-state index contributed by atoms with van der Waals surface area (Å²) in [6, 6.07) is 15.7. The molecule has 1 N–H and O–H groups in total. The van der Waals surface area contributed by atoms with Crippen LogP contribution in [0, 0.1) is 0 Å². The van der Waals surface area contributed by atoms with Crippen LogP contribution in [0.15, 0.2) is 48.5 Å². The van der Waals surface area contributed by atoms with Crippen molar-refractivity contribution in [3.63, 3.8) is 0 Å². The first-order valence-electron chi connectivity index (χ1n) is 6.27. The van der Waals surface area contributed by atoms with Crippen molar-refractivity contribution in [1.82, 2.24) is 0 Å². The van der Waals surface area contributed by atoms with Crippen LogP contribution in [0.2, 0.25) is 5.02 Å². The van der Waals surface area contributed by atoms with E-state index in [1.165, 1.54) is 5.56 Å². The zero-order valence-electron chi connectivity index (χ0n) is 10.1. The van der Waals surface area contributed by atoms with Gasteiger partial charge in [-0.2, -0.15) is 0 Å². The lowest BCUT2D eigenvalue weighted by molar-refractivity contribution is 0.0616. The molecule has 2 aromatic carbocycles. The molecule has 2 aromatic rings. The minimum Gasteiger partial charge on any atom is -0.380 e. The van der Waals surface area contributed by atoms with Gasteiger partial charge in [0.1, 0.15) is 5.60 Å². The zero-order valence-corrected chi connectivity index (χ0v) is 10.8. The van der Waals surface area contributed by atoms with E-state index in [2.05, 4.69) is 6.07 Å². The Hall–Kier alpha value is -1.31. The van der Waals surface area contributed by atoms with Crippen molar-refractivity contribution in [3.8, 4) is 0 Å². The van der Waals surface area contributed by atoms with E-state index < -0.39 is 5.60 Å². The lowest BCUT2D eigenvalue weighted by Gasteiger charge is -2.35. The molecule has 2 heteroatoms. The Kier molecular flexibility index (Phi) is 2.89. The average Bonchev–Trinajstić information content (AvgIpc) is 2.40. The molecule has 0 amide bonds. The summed E-state index contributed by atoms with van der Waals surface area (Å²) in [5.74, 6) is 0. The van der Waals surface area contributed by atoms with Crippen molar-refractivity contribution in [3.05, 3.63) is 70.2 Å². The monoisotopic (exact) mass is 258 g/mol. The fraction of sp³-hybridized carbons (Fsp3) is 0.250. The summed E-state index contributed by atoms with van der Waals surface area (Å²) < 4.78 is 0. The number of hydrogen-bond donors (Lipinski definition) is 1. The van der Waals surface area contributed by atoms with Gasteiger partial charge < -0.3 is 5.11 Å². The van der Waals surface area contributed by atoms with Crippen molar-refractivity contribution in [2.75, 3.05) is 0 Å². The van der Waals surface area contributed by atoms with Gasteiger partial charge in [-0.1, -0.05) is 48.0 Å². The Morgan fingerprint density at radius 2 is 1.72 bits per heavy atom. The van der Waals surface area contributed by atoms with Crippen LogP contribution in [0.5, 0.6) is 0 Å².